The molecule has 1 aromatic carbocycles. The van der Waals surface area contributed by atoms with Crippen LogP contribution in [0, 0.1) is 12.8 Å². The van der Waals surface area contributed by atoms with E-state index < -0.39 is 0 Å². The average Bonchev–Trinajstić information content (AvgIpc) is 2.70. The Morgan fingerprint density at radius 3 is 2.82 bits per heavy atom. The summed E-state index contributed by atoms with van der Waals surface area (Å²) in [7, 11) is 0. The van der Waals surface area contributed by atoms with Gasteiger partial charge in [-0.15, -0.1) is 0 Å². The fraction of sp³-hybridized carbons (Fsp3) is 0.571. The maximum atomic E-state index is 9.48. The molecule has 0 amide bonds. The number of aryl methyl sites for hydroxylation is 1. The van der Waals surface area contributed by atoms with E-state index in [1.54, 1.807) is 0 Å². The van der Waals surface area contributed by atoms with Gasteiger partial charge in [0.05, 0.1) is 12.6 Å². The smallest absolute Gasteiger partial charge is 0.0637 e. The number of nitrogens with zero attached hydrogens (tertiary/aromatic N) is 1. The molecule has 2 rings (SSSR count). The zero-order valence-corrected chi connectivity index (χ0v) is 10.7. The minimum Gasteiger partial charge on any atom is -0.394 e. The topological polar surface area (TPSA) is 49.5 Å². The average molecular weight is 234 g/mol. The zero-order valence-electron chi connectivity index (χ0n) is 10.7. The molecule has 0 aliphatic carbocycles. The summed E-state index contributed by atoms with van der Waals surface area (Å²) in [6.45, 7) is 6.17. The van der Waals surface area contributed by atoms with Crippen molar-refractivity contribution in [2.24, 2.45) is 11.7 Å². The van der Waals surface area contributed by atoms with Crippen molar-refractivity contribution in [2.45, 2.75) is 32.9 Å². The number of aliphatic hydroxyl groups excluding tert-OH is 1. The van der Waals surface area contributed by atoms with Crippen molar-refractivity contribution in [3.8, 4) is 0 Å². The normalized spacial score (nSPS) is 24.4. The van der Waals surface area contributed by atoms with Crippen LogP contribution in [0.2, 0.25) is 0 Å². The maximum Gasteiger partial charge on any atom is 0.0637 e. The van der Waals surface area contributed by atoms with Gasteiger partial charge in [-0.2, -0.15) is 0 Å². The molecule has 0 saturated carbocycles. The summed E-state index contributed by atoms with van der Waals surface area (Å²) in [4.78, 5) is 2.32. The molecule has 1 fully saturated rings. The Bertz CT molecular complexity index is 392. The van der Waals surface area contributed by atoms with Crippen molar-refractivity contribution in [3.63, 3.8) is 0 Å². The lowest BCUT2D eigenvalue weighted by Gasteiger charge is -2.28. The highest BCUT2D eigenvalue weighted by Crippen LogP contribution is 2.30. The van der Waals surface area contributed by atoms with E-state index in [0.717, 1.165) is 13.0 Å². The first-order valence-corrected chi connectivity index (χ1v) is 6.34. The van der Waals surface area contributed by atoms with Gasteiger partial charge in [0.15, 0.2) is 0 Å². The standard InChI is InChI=1S/C14H22N2O/c1-10-5-6-16(14(10)9-17)13-4-3-12(8-15)11(2)7-13/h3-4,7,10,14,17H,5-6,8-9,15H2,1-2H3. The summed E-state index contributed by atoms with van der Waals surface area (Å²) >= 11 is 0. The van der Waals surface area contributed by atoms with E-state index in [1.807, 2.05) is 0 Å². The predicted octanol–water partition coefficient (Wildman–Crippen LogP) is 1.66. The van der Waals surface area contributed by atoms with Gasteiger partial charge in [-0.05, 0) is 42.5 Å². The molecule has 3 N–H and O–H groups in total. The van der Waals surface area contributed by atoms with Gasteiger partial charge in [-0.3, -0.25) is 0 Å². The molecule has 2 atom stereocenters. The lowest BCUT2D eigenvalue weighted by molar-refractivity contribution is 0.245. The number of benzene rings is 1. The SMILES string of the molecule is Cc1cc(N2CCC(C)C2CO)ccc1CN. The first-order valence-electron chi connectivity index (χ1n) is 6.34. The molecule has 0 aromatic heterocycles. The quantitative estimate of drug-likeness (QED) is 0.836. The highest BCUT2D eigenvalue weighted by Gasteiger charge is 2.30. The van der Waals surface area contributed by atoms with Crippen LogP contribution in [0.4, 0.5) is 5.69 Å². The Morgan fingerprint density at radius 1 is 1.47 bits per heavy atom. The second kappa shape index (κ2) is 5.07. The predicted molar refractivity (Wildman–Crippen MR) is 71.1 cm³/mol. The fourth-order valence-electron chi connectivity index (χ4n) is 2.69. The Balaban J connectivity index is 2.25. The monoisotopic (exact) mass is 234 g/mol. The molecule has 1 aliphatic rings. The van der Waals surface area contributed by atoms with Gasteiger partial charge in [0.25, 0.3) is 0 Å². The van der Waals surface area contributed by atoms with Gasteiger partial charge < -0.3 is 15.7 Å². The van der Waals surface area contributed by atoms with E-state index in [-0.39, 0.29) is 12.6 Å². The van der Waals surface area contributed by atoms with Crippen molar-refractivity contribution in [1.29, 1.82) is 0 Å². The van der Waals surface area contributed by atoms with Crippen molar-refractivity contribution in [3.05, 3.63) is 29.3 Å². The summed E-state index contributed by atoms with van der Waals surface area (Å²) in [6.07, 6.45) is 1.16. The van der Waals surface area contributed by atoms with Crippen LogP contribution < -0.4 is 10.6 Å². The van der Waals surface area contributed by atoms with Crippen LogP contribution in [0.25, 0.3) is 0 Å². The van der Waals surface area contributed by atoms with Crippen LogP contribution >= 0.6 is 0 Å². The molecule has 1 aromatic rings. The number of hydrogen-bond acceptors (Lipinski definition) is 3. The second-order valence-corrected chi connectivity index (χ2v) is 5.02. The minimum absolute atomic E-state index is 0.235. The van der Waals surface area contributed by atoms with E-state index in [9.17, 15) is 5.11 Å². The molecule has 1 heterocycles. The number of hydrogen-bond donors (Lipinski definition) is 2. The maximum absolute atomic E-state index is 9.48. The minimum atomic E-state index is 0.235. The van der Waals surface area contributed by atoms with Crippen LogP contribution in [-0.2, 0) is 6.54 Å². The van der Waals surface area contributed by atoms with E-state index in [0.29, 0.717) is 12.5 Å². The number of aliphatic hydroxyl groups is 1. The Morgan fingerprint density at radius 2 is 2.24 bits per heavy atom. The molecule has 1 aliphatic heterocycles. The van der Waals surface area contributed by atoms with Crippen molar-refractivity contribution < 1.29 is 5.11 Å². The lowest BCUT2D eigenvalue weighted by atomic mass is 10.0. The van der Waals surface area contributed by atoms with Gasteiger partial charge in [0.2, 0.25) is 0 Å². The number of nitrogens with two attached hydrogens (primary N) is 1. The molecule has 0 radical (unpaired) electrons. The number of rotatable bonds is 3. The molecular formula is C14H22N2O. The summed E-state index contributed by atoms with van der Waals surface area (Å²) in [6, 6.07) is 6.67. The third kappa shape index (κ3) is 2.31. The first-order chi connectivity index (χ1) is 8.17. The number of anilines is 1. The lowest BCUT2D eigenvalue weighted by Crippen LogP contribution is -2.35. The van der Waals surface area contributed by atoms with Crippen molar-refractivity contribution >= 4 is 5.69 Å². The van der Waals surface area contributed by atoms with Crippen LogP contribution in [-0.4, -0.2) is 24.3 Å². The second-order valence-electron chi connectivity index (χ2n) is 5.02. The molecular weight excluding hydrogens is 212 g/mol. The third-order valence-corrected chi connectivity index (χ3v) is 3.95. The molecule has 1 saturated heterocycles. The van der Waals surface area contributed by atoms with Crippen LogP contribution in [0.1, 0.15) is 24.5 Å². The van der Waals surface area contributed by atoms with Crippen LogP contribution in [0.3, 0.4) is 0 Å². The van der Waals surface area contributed by atoms with Gasteiger partial charge in [0, 0.05) is 18.8 Å². The summed E-state index contributed by atoms with van der Waals surface area (Å²) in [5, 5.41) is 9.48. The van der Waals surface area contributed by atoms with E-state index >= 15 is 0 Å². The molecule has 0 spiro atoms. The summed E-state index contributed by atoms with van der Waals surface area (Å²) in [5.41, 5.74) is 9.32. The Hall–Kier alpha value is -1.06. The highest BCUT2D eigenvalue weighted by molar-refractivity contribution is 5.52. The van der Waals surface area contributed by atoms with Gasteiger partial charge >= 0.3 is 0 Å². The molecule has 2 unspecified atom stereocenters. The van der Waals surface area contributed by atoms with Crippen molar-refractivity contribution in [2.75, 3.05) is 18.1 Å². The van der Waals surface area contributed by atoms with E-state index in [1.165, 1.54) is 16.8 Å². The zero-order chi connectivity index (χ0) is 12.4. The van der Waals surface area contributed by atoms with Crippen LogP contribution in [0.5, 0.6) is 0 Å². The Labute approximate surface area is 103 Å². The summed E-state index contributed by atoms with van der Waals surface area (Å²) < 4.78 is 0. The molecule has 0 bridgehead atoms. The Kier molecular flexibility index (Phi) is 3.69. The van der Waals surface area contributed by atoms with E-state index in [2.05, 4.69) is 36.9 Å². The van der Waals surface area contributed by atoms with Crippen molar-refractivity contribution in [1.82, 2.24) is 0 Å². The van der Waals surface area contributed by atoms with Crippen LogP contribution in [0.15, 0.2) is 18.2 Å². The molecule has 94 valence electrons. The molecule has 3 heteroatoms. The highest BCUT2D eigenvalue weighted by atomic mass is 16.3. The van der Waals surface area contributed by atoms with Gasteiger partial charge in [-0.1, -0.05) is 13.0 Å². The van der Waals surface area contributed by atoms with Gasteiger partial charge in [-0.25, -0.2) is 0 Å². The van der Waals surface area contributed by atoms with E-state index in [4.69, 9.17) is 5.73 Å². The fourth-order valence-corrected chi connectivity index (χ4v) is 2.69. The third-order valence-electron chi connectivity index (χ3n) is 3.95. The first kappa shape index (κ1) is 12.4. The molecule has 17 heavy (non-hydrogen) atoms. The molecule has 3 nitrogen and oxygen atoms in total. The largest absolute Gasteiger partial charge is 0.394 e. The van der Waals surface area contributed by atoms with Gasteiger partial charge in [0.1, 0.15) is 0 Å². The summed E-state index contributed by atoms with van der Waals surface area (Å²) in [5.74, 6) is 0.564.